The first-order valence-corrected chi connectivity index (χ1v) is 37.3. The highest BCUT2D eigenvalue weighted by Gasteiger charge is 2.25. The van der Waals surface area contributed by atoms with E-state index in [0.717, 1.165) is 89.7 Å². The van der Waals surface area contributed by atoms with Crippen LogP contribution in [0.15, 0.2) is 400 Å². The lowest BCUT2D eigenvalue weighted by Gasteiger charge is -2.14. The lowest BCUT2D eigenvalue weighted by atomic mass is 9.97. The number of rotatable bonds is 11. The van der Waals surface area contributed by atoms with E-state index in [9.17, 15) is 0 Å². The van der Waals surface area contributed by atoms with Crippen molar-refractivity contribution in [2.45, 2.75) is 0 Å². The second-order valence-corrected chi connectivity index (χ2v) is 28.0. The van der Waals surface area contributed by atoms with Crippen LogP contribution in [0.1, 0.15) is 0 Å². The Morgan fingerprint density at radius 3 is 0.955 bits per heavy atom. The lowest BCUT2D eigenvalue weighted by molar-refractivity contribution is 1.07. The maximum atomic E-state index is 5.39. The molecule has 0 unspecified atom stereocenters. The van der Waals surface area contributed by atoms with E-state index in [0.29, 0.717) is 17.5 Å². The van der Waals surface area contributed by atoms with E-state index < -0.39 is 0 Å². The number of benzene rings is 16. The normalized spacial score (nSPS) is 11.6. The summed E-state index contributed by atoms with van der Waals surface area (Å²) in [4.78, 5) is 20.7. The van der Waals surface area contributed by atoms with Crippen molar-refractivity contribution >= 4 is 98.0 Å². The molecule has 8 nitrogen and oxygen atoms in total. The fourth-order valence-corrected chi connectivity index (χ4v) is 16.8. The SMILES string of the molecule is c1ccc(-c2cc(-c3cccc(-n4c5ccccc5c5c6c7ccccc7n(-c7ccccc7)c6ccc54)c3)nc(-c3cccc4ccccc34)c2)cc1.c1ccc(-c2cccc(-c3nc(-c4ccccc4)nc(-c4cccc(-n5c6ccccc6c6c7c8ccccc8n(-c8ccccc8)c7ccc65)c4)n3)c2)cc1. The first-order chi connectivity index (χ1) is 54.6. The lowest BCUT2D eigenvalue weighted by Crippen LogP contribution is -2.01. The Labute approximate surface area is 634 Å². The molecule has 0 aliphatic rings. The summed E-state index contributed by atoms with van der Waals surface area (Å²) in [6.07, 6.45) is 0. The van der Waals surface area contributed by atoms with Crippen molar-refractivity contribution in [1.82, 2.24) is 38.2 Å². The molecule has 0 amide bonds. The van der Waals surface area contributed by atoms with Gasteiger partial charge in [0.05, 0.1) is 55.5 Å². The highest BCUT2D eigenvalue weighted by atomic mass is 15.0. The minimum atomic E-state index is 0.620. The molecule has 0 aliphatic carbocycles. The summed E-state index contributed by atoms with van der Waals surface area (Å²) in [5, 5.41) is 12.4. The molecule has 0 atom stereocenters. The van der Waals surface area contributed by atoms with Gasteiger partial charge in [0, 0.05) is 93.7 Å². The van der Waals surface area contributed by atoms with Gasteiger partial charge in [-0.1, -0.05) is 285 Å². The molecule has 514 valence electrons. The van der Waals surface area contributed by atoms with Gasteiger partial charge >= 0.3 is 0 Å². The van der Waals surface area contributed by atoms with E-state index in [-0.39, 0.29) is 0 Å². The minimum absolute atomic E-state index is 0.620. The zero-order valence-electron chi connectivity index (χ0n) is 59.7. The van der Waals surface area contributed by atoms with Gasteiger partial charge in [-0.25, -0.2) is 19.9 Å². The van der Waals surface area contributed by atoms with Gasteiger partial charge in [0.25, 0.3) is 0 Å². The van der Waals surface area contributed by atoms with E-state index in [4.69, 9.17) is 19.9 Å². The summed E-state index contributed by atoms with van der Waals surface area (Å²) in [7, 11) is 0. The molecule has 0 saturated heterocycles. The summed E-state index contributed by atoms with van der Waals surface area (Å²) >= 11 is 0. The molecule has 22 aromatic rings. The third kappa shape index (κ3) is 10.8. The molecule has 0 bridgehead atoms. The highest BCUT2D eigenvalue weighted by molar-refractivity contribution is 6.30. The van der Waals surface area contributed by atoms with Gasteiger partial charge in [0.2, 0.25) is 0 Å². The van der Waals surface area contributed by atoms with Crippen LogP contribution in [0.4, 0.5) is 0 Å². The Kier molecular flexibility index (Phi) is 15.4. The first-order valence-electron chi connectivity index (χ1n) is 37.3. The molecule has 16 aromatic carbocycles. The number of fused-ring (bicyclic) bond motifs is 15. The predicted molar refractivity (Wildman–Crippen MR) is 457 cm³/mol. The van der Waals surface area contributed by atoms with Gasteiger partial charge < -0.3 is 18.3 Å². The fraction of sp³-hybridized carbons (Fsp3) is 0. The van der Waals surface area contributed by atoms with Crippen LogP contribution < -0.4 is 0 Å². The van der Waals surface area contributed by atoms with E-state index in [1.54, 1.807) is 0 Å². The third-order valence-corrected chi connectivity index (χ3v) is 21.6. The number of hydrogen-bond donors (Lipinski definition) is 0. The van der Waals surface area contributed by atoms with Gasteiger partial charge in [-0.3, -0.25) is 0 Å². The highest BCUT2D eigenvalue weighted by Crippen LogP contribution is 2.46. The van der Waals surface area contributed by atoms with Crippen molar-refractivity contribution in [1.29, 1.82) is 0 Å². The Morgan fingerprint density at radius 1 is 0.164 bits per heavy atom. The molecular weight excluding hydrogens is 1340 g/mol. The average Bonchev–Trinajstić information content (AvgIpc) is 1.55. The van der Waals surface area contributed by atoms with Crippen molar-refractivity contribution in [2.24, 2.45) is 0 Å². The van der Waals surface area contributed by atoms with Crippen LogP contribution in [0.5, 0.6) is 0 Å². The average molecular weight is 1400 g/mol. The van der Waals surface area contributed by atoms with Gasteiger partial charge in [0.1, 0.15) is 0 Å². The molecule has 0 aliphatic heterocycles. The van der Waals surface area contributed by atoms with Crippen LogP contribution in [0, 0.1) is 0 Å². The molecule has 0 spiro atoms. The monoisotopic (exact) mass is 1400 g/mol. The molecule has 22 rings (SSSR count). The smallest absolute Gasteiger partial charge is 0.164 e. The second kappa shape index (κ2) is 26.6. The number of nitrogens with zero attached hydrogens (tertiary/aromatic N) is 8. The topological polar surface area (TPSA) is 71.3 Å². The molecule has 0 N–H and O–H groups in total. The van der Waals surface area contributed by atoms with Crippen molar-refractivity contribution in [3.05, 3.63) is 400 Å². The van der Waals surface area contributed by atoms with Crippen LogP contribution in [-0.2, 0) is 0 Å². The summed E-state index contributed by atoms with van der Waals surface area (Å²) in [6, 6.07) is 142. The molecule has 6 heterocycles. The minimum Gasteiger partial charge on any atom is -0.309 e. The molecule has 6 aromatic heterocycles. The Balaban J connectivity index is 0.000000140. The maximum Gasteiger partial charge on any atom is 0.164 e. The molecule has 0 saturated carbocycles. The second-order valence-electron chi connectivity index (χ2n) is 28.0. The van der Waals surface area contributed by atoms with Gasteiger partial charge in [-0.2, -0.15) is 0 Å². The largest absolute Gasteiger partial charge is 0.309 e. The molecular formula is C102H66N8. The van der Waals surface area contributed by atoms with E-state index in [2.05, 4.69) is 382 Å². The number of pyridine rings is 1. The summed E-state index contributed by atoms with van der Waals surface area (Å²) < 4.78 is 9.59. The molecule has 0 radical (unpaired) electrons. The first kappa shape index (κ1) is 63.6. The van der Waals surface area contributed by atoms with Gasteiger partial charge in [0.15, 0.2) is 17.5 Å². The van der Waals surface area contributed by atoms with Crippen LogP contribution >= 0.6 is 0 Å². The Bertz CT molecular complexity index is 7310. The van der Waals surface area contributed by atoms with Crippen LogP contribution in [0.3, 0.4) is 0 Å². The van der Waals surface area contributed by atoms with Crippen LogP contribution in [0.25, 0.3) is 200 Å². The van der Waals surface area contributed by atoms with Gasteiger partial charge in [-0.15, -0.1) is 0 Å². The third-order valence-electron chi connectivity index (χ3n) is 21.6. The van der Waals surface area contributed by atoms with E-state index in [1.165, 1.54) is 92.5 Å². The molecule has 8 heteroatoms. The van der Waals surface area contributed by atoms with Crippen molar-refractivity contribution < 1.29 is 0 Å². The maximum absolute atomic E-state index is 5.39. The van der Waals surface area contributed by atoms with Crippen molar-refractivity contribution in [2.75, 3.05) is 0 Å². The van der Waals surface area contributed by atoms with Crippen molar-refractivity contribution in [3.8, 4) is 102 Å². The molecule has 0 fully saturated rings. The summed E-state index contributed by atoms with van der Waals surface area (Å²) in [5.74, 6) is 1.89. The Hall–Kier alpha value is -14.9. The fourth-order valence-electron chi connectivity index (χ4n) is 16.8. The zero-order valence-corrected chi connectivity index (χ0v) is 59.7. The molecule has 110 heavy (non-hydrogen) atoms. The van der Waals surface area contributed by atoms with E-state index >= 15 is 0 Å². The van der Waals surface area contributed by atoms with Crippen LogP contribution in [-0.4, -0.2) is 38.2 Å². The number of para-hydroxylation sites is 6. The number of aromatic nitrogens is 8. The summed E-state index contributed by atoms with van der Waals surface area (Å²) in [6.45, 7) is 0. The summed E-state index contributed by atoms with van der Waals surface area (Å²) in [5.41, 5.74) is 25.3. The van der Waals surface area contributed by atoms with Gasteiger partial charge in [-0.05, 0) is 148 Å². The standard InChI is InChI=1S/C51H33N5.C51H33N3/c1-4-16-34(17-5-1)36-20-14-21-37(32-36)50-52-49(35-18-6-2-7-19-35)53-51(54-50)38-22-15-25-40(33-38)56-44-29-13-11-27-42(44)48-46(56)31-30-45-47(48)41-26-10-12-28-43(41)55(45)39-23-8-3-9-24-39;1-3-15-34(16-4-1)37-32-44(52-45(33-37)41-26-14-18-35-17-7-8-23-40(35)41)36-19-13-22-39(31-36)54-47-28-12-10-25-43(47)51-49(54)30-29-48-50(51)42-24-9-11-27-46(42)53(48)38-20-5-2-6-21-38/h1-33H;1-33H. The predicted octanol–water partition coefficient (Wildman–Crippen LogP) is 26.2. The quantitative estimate of drug-likeness (QED) is 0.129. The zero-order chi connectivity index (χ0) is 72.6. The van der Waals surface area contributed by atoms with Crippen molar-refractivity contribution in [3.63, 3.8) is 0 Å². The van der Waals surface area contributed by atoms with Crippen LogP contribution in [0.2, 0.25) is 0 Å². The Morgan fingerprint density at radius 2 is 0.473 bits per heavy atom. The number of hydrogen-bond acceptors (Lipinski definition) is 4. The van der Waals surface area contributed by atoms with E-state index in [1.807, 2.05) is 36.4 Å².